The lowest BCUT2D eigenvalue weighted by Gasteiger charge is -2.22. The van der Waals surface area contributed by atoms with Crippen LogP contribution in [0.1, 0.15) is 28.8 Å². The van der Waals surface area contributed by atoms with Crippen LogP contribution in [0.25, 0.3) is 0 Å². The molecule has 0 unspecified atom stereocenters. The molecule has 2 N–H and O–H groups in total. The SMILES string of the molecule is Nc1cccc(CN(C(=O)c2ccoc2)C2CC2)c1. The number of amides is 1. The number of benzene rings is 1. The molecule has 0 atom stereocenters. The first-order valence-electron chi connectivity index (χ1n) is 6.41. The second kappa shape index (κ2) is 4.80. The molecule has 1 saturated carbocycles. The fourth-order valence-electron chi connectivity index (χ4n) is 2.19. The fourth-order valence-corrected chi connectivity index (χ4v) is 2.19. The molecule has 0 saturated heterocycles. The third-order valence-corrected chi connectivity index (χ3v) is 3.32. The Morgan fingerprint density at radius 2 is 2.21 bits per heavy atom. The first-order chi connectivity index (χ1) is 9.24. The van der Waals surface area contributed by atoms with Crippen molar-refractivity contribution in [2.75, 3.05) is 5.73 Å². The molecule has 1 heterocycles. The van der Waals surface area contributed by atoms with E-state index in [1.807, 2.05) is 29.2 Å². The van der Waals surface area contributed by atoms with Gasteiger partial charge in [0.05, 0.1) is 11.8 Å². The molecule has 1 fully saturated rings. The molecule has 0 radical (unpaired) electrons. The van der Waals surface area contributed by atoms with Crippen molar-refractivity contribution in [1.82, 2.24) is 4.90 Å². The topological polar surface area (TPSA) is 59.5 Å². The van der Waals surface area contributed by atoms with E-state index in [9.17, 15) is 4.79 Å². The number of furan rings is 1. The number of nitrogens with zero attached hydrogens (tertiary/aromatic N) is 1. The van der Waals surface area contributed by atoms with Crippen molar-refractivity contribution >= 4 is 11.6 Å². The zero-order chi connectivity index (χ0) is 13.2. The van der Waals surface area contributed by atoms with Gasteiger partial charge in [0.25, 0.3) is 5.91 Å². The van der Waals surface area contributed by atoms with E-state index in [0.717, 1.165) is 24.1 Å². The highest BCUT2D eigenvalue weighted by Crippen LogP contribution is 2.30. The summed E-state index contributed by atoms with van der Waals surface area (Å²) in [4.78, 5) is 14.3. The second-order valence-electron chi connectivity index (χ2n) is 4.92. The molecule has 1 aromatic heterocycles. The number of carbonyl (C=O) groups is 1. The predicted octanol–water partition coefficient (Wildman–Crippen LogP) is 2.67. The normalized spacial score (nSPS) is 14.3. The minimum Gasteiger partial charge on any atom is -0.472 e. The molecule has 19 heavy (non-hydrogen) atoms. The van der Waals surface area contributed by atoms with E-state index in [-0.39, 0.29) is 5.91 Å². The summed E-state index contributed by atoms with van der Waals surface area (Å²) < 4.78 is 4.99. The molecule has 0 spiro atoms. The van der Waals surface area contributed by atoms with Gasteiger partial charge in [0.15, 0.2) is 0 Å². The average Bonchev–Trinajstić information content (AvgIpc) is 3.09. The quantitative estimate of drug-likeness (QED) is 0.855. The monoisotopic (exact) mass is 256 g/mol. The van der Waals surface area contributed by atoms with Crippen LogP contribution in [0.15, 0.2) is 47.3 Å². The highest BCUT2D eigenvalue weighted by molar-refractivity contribution is 5.94. The third-order valence-electron chi connectivity index (χ3n) is 3.32. The molecule has 1 amide bonds. The second-order valence-corrected chi connectivity index (χ2v) is 4.92. The fraction of sp³-hybridized carbons (Fsp3) is 0.267. The zero-order valence-electron chi connectivity index (χ0n) is 10.6. The summed E-state index contributed by atoms with van der Waals surface area (Å²) in [6.07, 6.45) is 5.17. The molecular weight excluding hydrogens is 240 g/mol. The van der Waals surface area contributed by atoms with Crippen LogP contribution in [0, 0.1) is 0 Å². The van der Waals surface area contributed by atoms with Crippen molar-refractivity contribution in [2.24, 2.45) is 0 Å². The van der Waals surface area contributed by atoms with Gasteiger partial charge < -0.3 is 15.1 Å². The Morgan fingerprint density at radius 3 is 2.84 bits per heavy atom. The van der Waals surface area contributed by atoms with Gasteiger partial charge in [-0.25, -0.2) is 0 Å². The van der Waals surface area contributed by atoms with Crippen LogP contribution in [0.2, 0.25) is 0 Å². The molecule has 2 aromatic rings. The lowest BCUT2D eigenvalue weighted by molar-refractivity contribution is 0.0729. The van der Waals surface area contributed by atoms with Gasteiger partial charge in [0.1, 0.15) is 6.26 Å². The number of nitrogen functional groups attached to an aromatic ring is 1. The van der Waals surface area contributed by atoms with E-state index in [1.165, 1.54) is 12.5 Å². The van der Waals surface area contributed by atoms with Gasteiger partial charge in [0, 0.05) is 18.3 Å². The summed E-state index contributed by atoms with van der Waals surface area (Å²) in [5.74, 6) is 0.0266. The van der Waals surface area contributed by atoms with Crippen LogP contribution in [0.3, 0.4) is 0 Å². The number of rotatable bonds is 4. The summed E-state index contributed by atoms with van der Waals surface area (Å²) in [6.45, 7) is 0.597. The summed E-state index contributed by atoms with van der Waals surface area (Å²) in [6, 6.07) is 9.73. The maximum atomic E-state index is 12.4. The van der Waals surface area contributed by atoms with Crippen LogP contribution in [-0.2, 0) is 6.54 Å². The Balaban J connectivity index is 1.80. The molecule has 0 bridgehead atoms. The van der Waals surface area contributed by atoms with Crippen LogP contribution >= 0.6 is 0 Å². The Labute approximate surface area is 111 Å². The van der Waals surface area contributed by atoms with Crippen LogP contribution in [0.5, 0.6) is 0 Å². The van der Waals surface area contributed by atoms with E-state index in [1.54, 1.807) is 6.07 Å². The van der Waals surface area contributed by atoms with E-state index in [2.05, 4.69) is 0 Å². The Bertz CT molecular complexity index is 574. The molecule has 0 aliphatic heterocycles. The first-order valence-corrected chi connectivity index (χ1v) is 6.41. The molecule has 3 rings (SSSR count). The zero-order valence-corrected chi connectivity index (χ0v) is 10.6. The predicted molar refractivity (Wildman–Crippen MR) is 72.5 cm³/mol. The van der Waals surface area contributed by atoms with Crippen LogP contribution in [0.4, 0.5) is 5.69 Å². The maximum Gasteiger partial charge on any atom is 0.257 e. The van der Waals surface area contributed by atoms with Gasteiger partial charge in [0.2, 0.25) is 0 Å². The molecular formula is C15H16N2O2. The van der Waals surface area contributed by atoms with Crippen LogP contribution < -0.4 is 5.73 Å². The highest BCUT2D eigenvalue weighted by Gasteiger charge is 2.33. The van der Waals surface area contributed by atoms with Gasteiger partial charge in [-0.1, -0.05) is 12.1 Å². The summed E-state index contributed by atoms with van der Waals surface area (Å²) in [5.41, 5.74) is 8.17. The Morgan fingerprint density at radius 1 is 1.37 bits per heavy atom. The molecule has 4 heteroatoms. The van der Waals surface area contributed by atoms with E-state index >= 15 is 0 Å². The molecule has 4 nitrogen and oxygen atoms in total. The number of anilines is 1. The van der Waals surface area contributed by atoms with Crippen molar-refractivity contribution in [3.63, 3.8) is 0 Å². The van der Waals surface area contributed by atoms with Gasteiger partial charge in [-0.05, 0) is 36.6 Å². The lowest BCUT2D eigenvalue weighted by atomic mass is 10.1. The van der Waals surface area contributed by atoms with Crippen molar-refractivity contribution in [3.8, 4) is 0 Å². The molecule has 1 aliphatic rings. The van der Waals surface area contributed by atoms with E-state index in [0.29, 0.717) is 18.2 Å². The minimum atomic E-state index is 0.0266. The Kier molecular flexibility index (Phi) is 2.99. The maximum absolute atomic E-state index is 12.4. The highest BCUT2D eigenvalue weighted by atomic mass is 16.3. The van der Waals surface area contributed by atoms with Crippen molar-refractivity contribution in [3.05, 3.63) is 54.0 Å². The van der Waals surface area contributed by atoms with Gasteiger partial charge in [-0.2, -0.15) is 0 Å². The summed E-state index contributed by atoms with van der Waals surface area (Å²) in [7, 11) is 0. The number of hydrogen-bond donors (Lipinski definition) is 1. The molecule has 1 aliphatic carbocycles. The van der Waals surface area contributed by atoms with Crippen molar-refractivity contribution in [1.29, 1.82) is 0 Å². The first kappa shape index (κ1) is 11.8. The number of nitrogens with two attached hydrogens (primary N) is 1. The smallest absolute Gasteiger partial charge is 0.257 e. The third kappa shape index (κ3) is 2.62. The molecule has 98 valence electrons. The summed E-state index contributed by atoms with van der Waals surface area (Å²) in [5, 5.41) is 0. The van der Waals surface area contributed by atoms with Gasteiger partial charge >= 0.3 is 0 Å². The van der Waals surface area contributed by atoms with Crippen LogP contribution in [-0.4, -0.2) is 16.8 Å². The standard InChI is InChI=1S/C15H16N2O2/c16-13-3-1-2-11(8-13)9-17(14-4-5-14)15(18)12-6-7-19-10-12/h1-3,6-8,10,14H,4-5,9,16H2. The Hall–Kier alpha value is -2.23. The summed E-state index contributed by atoms with van der Waals surface area (Å²) >= 11 is 0. The number of hydrogen-bond acceptors (Lipinski definition) is 3. The van der Waals surface area contributed by atoms with Crippen molar-refractivity contribution < 1.29 is 9.21 Å². The average molecular weight is 256 g/mol. The lowest BCUT2D eigenvalue weighted by Crippen LogP contribution is -2.32. The minimum absolute atomic E-state index is 0.0266. The van der Waals surface area contributed by atoms with Crippen molar-refractivity contribution in [2.45, 2.75) is 25.4 Å². The van der Waals surface area contributed by atoms with E-state index in [4.69, 9.17) is 10.2 Å². The number of carbonyl (C=O) groups excluding carboxylic acids is 1. The largest absolute Gasteiger partial charge is 0.472 e. The van der Waals surface area contributed by atoms with E-state index < -0.39 is 0 Å². The molecule has 1 aromatic carbocycles. The van der Waals surface area contributed by atoms with Gasteiger partial charge in [-0.15, -0.1) is 0 Å². The van der Waals surface area contributed by atoms with Gasteiger partial charge in [-0.3, -0.25) is 4.79 Å².